The molecule has 0 bridgehead atoms. The van der Waals surface area contributed by atoms with Crippen LogP contribution < -0.4 is 5.32 Å². The highest BCUT2D eigenvalue weighted by Gasteiger charge is 2.12. The van der Waals surface area contributed by atoms with Gasteiger partial charge >= 0.3 is 0 Å². The summed E-state index contributed by atoms with van der Waals surface area (Å²) < 4.78 is 0. The lowest BCUT2D eigenvalue weighted by Gasteiger charge is -2.23. The van der Waals surface area contributed by atoms with E-state index in [9.17, 15) is 0 Å². The van der Waals surface area contributed by atoms with Gasteiger partial charge in [-0.3, -0.25) is 0 Å². The summed E-state index contributed by atoms with van der Waals surface area (Å²) in [6, 6.07) is 9.42. The third-order valence-electron chi connectivity index (χ3n) is 3.22. The first-order valence-corrected chi connectivity index (χ1v) is 7.36. The summed E-state index contributed by atoms with van der Waals surface area (Å²) in [5.41, 5.74) is 2.69. The molecule has 1 aromatic rings. The van der Waals surface area contributed by atoms with Crippen molar-refractivity contribution in [2.24, 2.45) is 11.8 Å². The van der Waals surface area contributed by atoms with Crippen molar-refractivity contribution in [3.05, 3.63) is 29.8 Å². The van der Waals surface area contributed by atoms with E-state index in [4.69, 9.17) is 0 Å². The molecule has 1 N–H and O–H groups in total. The monoisotopic (exact) mass is 247 g/mol. The maximum absolute atomic E-state index is 3.72. The second-order valence-electron chi connectivity index (χ2n) is 6.15. The molecule has 0 aliphatic rings. The minimum Gasteiger partial charge on any atom is -0.382 e. The summed E-state index contributed by atoms with van der Waals surface area (Å²) >= 11 is 0. The summed E-state index contributed by atoms with van der Waals surface area (Å²) in [6.45, 7) is 11.4. The first kappa shape index (κ1) is 15.1. The molecule has 0 aliphatic heterocycles. The Morgan fingerprint density at radius 2 is 1.61 bits per heavy atom. The maximum Gasteiger partial charge on any atom is 0.0345 e. The first-order chi connectivity index (χ1) is 8.51. The van der Waals surface area contributed by atoms with E-state index >= 15 is 0 Å². The Balaban J connectivity index is 2.68. The zero-order valence-corrected chi connectivity index (χ0v) is 12.7. The molecule has 1 nitrogen and oxygen atoms in total. The highest BCUT2D eigenvalue weighted by Crippen LogP contribution is 2.19. The number of rotatable bonds is 7. The smallest absolute Gasteiger partial charge is 0.0345 e. The fourth-order valence-corrected chi connectivity index (χ4v) is 2.47. The van der Waals surface area contributed by atoms with Crippen LogP contribution in [-0.2, 0) is 6.42 Å². The molecule has 0 saturated heterocycles. The summed E-state index contributed by atoms with van der Waals surface area (Å²) in [7, 11) is 0. The second-order valence-corrected chi connectivity index (χ2v) is 6.15. The highest BCUT2D eigenvalue weighted by molar-refractivity contribution is 5.46. The van der Waals surface area contributed by atoms with Crippen LogP contribution in [0.3, 0.4) is 0 Å². The van der Waals surface area contributed by atoms with Crippen molar-refractivity contribution < 1.29 is 0 Å². The third kappa shape index (κ3) is 5.57. The van der Waals surface area contributed by atoms with E-state index in [1.54, 1.807) is 0 Å². The molecule has 0 fully saturated rings. The summed E-state index contributed by atoms with van der Waals surface area (Å²) in [4.78, 5) is 0. The Hall–Kier alpha value is -0.980. The molecule has 0 radical (unpaired) electrons. The van der Waals surface area contributed by atoms with Gasteiger partial charge in [-0.05, 0) is 48.8 Å². The van der Waals surface area contributed by atoms with Gasteiger partial charge in [-0.2, -0.15) is 0 Å². The maximum atomic E-state index is 3.72. The van der Waals surface area contributed by atoms with Gasteiger partial charge < -0.3 is 5.32 Å². The van der Waals surface area contributed by atoms with Crippen LogP contribution >= 0.6 is 0 Å². The topological polar surface area (TPSA) is 12.0 Å². The average Bonchev–Trinajstić information content (AvgIpc) is 2.27. The molecular weight excluding hydrogens is 218 g/mol. The van der Waals surface area contributed by atoms with E-state index in [0.717, 1.165) is 18.3 Å². The fraction of sp³-hybridized carbons (Fsp3) is 0.647. The number of benzene rings is 1. The van der Waals surface area contributed by atoms with Crippen LogP contribution in [0.2, 0.25) is 0 Å². The van der Waals surface area contributed by atoms with Gasteiger partial charge in [0.2, 0.25) is 0 Å². The Kier molecular flexibility index (Phi) is 6.24. The third-order valence-corrected chi connectivity index (χ3v) is 3.22. The van der Waals surface area contributed by atoms with Crippen molar-refractivity contribution in [2.75, 3.05) is 5.32 Å². The summed E-state index contributed by atoms with van der Waals surface area (Å²) in [5.74, 6) is 1.49. The first-order valence-electron chi connectivity index (χ1n) is 7.36. The Labute approximate surface area is 113 Å². The van der Waals surface area contributed by atoms with Crippen LogP contribution in [0.5, 0.6) is 0 Å². The van der Waals surface area contributed by atoms with Gasteiger partial charge in [0.15, 0.2) is 0 Å². The molecule has 1 rings (SSSR count). The van der Waals surface area contributed by atoms with E-state index in [1.165, 1.54) is 24.1 Å². The normalized spacial score (nSPS) is 11.6. The van der Waals surface area contributed by atoms with Gasteiger partial charge in [0.05, 0.1) is 0 Å². The number of hydrogen-bond acceptors (Lipinski definition) is 1. The van der Waals surface area contributed by atoms with E-state index in [0.29, 0.717) is 6.04 Å². The molecule has 0 atom stereocenters. The van der Waals surface area contributed by atoms with Crippen molar-refractivity contribution in [1.29, 1.82) is 0 Å². The Morgan fingerprint density at radius 3 is 2.11 bits per heavy atom. The molecule has 1 heteroatoms. The molecular formula is C17H29N. The number of aryl methyl sites for hydroxylation is 1. The van der Waals surface area contributed by atoms with Crippen molar-refractivity contribution in [3.63, 3.8) is 0 Å². The number of nitrogens with one attached hydrogen (secondary N) is 1. The molecule has 0 spiro atoms. The van der Waals surface area contributed by atoms with Crippen LogP contribution in [0.1, 0.15) is 53.0 Å². The van der Waals surface area contributed by atoms with Gasteiger partial charge in [-0.15, -0.1) is 0 Å². The lowest BCUT2D eigenvalue weighted by molar-refractivity contribution is 0.442. The minimum atomic E-state index is 0.595. The molecule has 0 amide bonds. The number of anilines is 1. The molecule has 0 heterocycles. The Morgan fingerprint density at radius 1 is 1.00 bits per heavy atom. The standard InChI is InChI=1S/C17H29N/c1-6-15-8-7-9-16(12-15)18-17(10-13(2)3)11-14(4)5/h7-9,12-14,17-18H,6,10-11H2,1-5H3. The molecule has 102 valence electrons. The van der Waals surface area contributed by atoms with Crippen LogP contribution in [0.25, 0.3) is 0 Å². The Bertz CT molecular complexity index is 331. The largest absolute Gasteiger partial charge is 0.382 e. The predicted molar refractivity (Wildman–Crippen MR) is 82.1 cm³/mol. The van der Waals surface area contributed by atoms with E-state index in [2.05, 4.69) is 64.2 Å². The van der Waals surface area contributed by atoms with E-state index in [-0.39, 0.29) is 0 Å². The minimum absolute atomic E-state index is 0.595. The van der Waals surface area contributed by atoms with Gasteiger partial charge in [0, 0.05) is 11.7 Å². The number of hydrogen-bond donors (Lipinski definition) is 1. The van der Waals surface area contributed by atoms with E-state index in [1.807, 2.05) is 0 Å². The van der Waals surface area contributed by atoms with Gasteiger partial charge in [-0.25, -0.2) is 0 Å². The lowest BCUT2D eigenvalue weighted by atomic mass is 9.95. The SMILES string of the molecule is CCc1cccc(NC(CC(C)C)CC(C)C)c1. The molecule has 0 aliphatic carbocycles. The molecule has 18 heavy (non-hydrogen) atoms. The van der Waals surface area contributed by atoms with Crippen molar-refractivity contribution in [2.45, 2.75) is 59.9 Å². The second kappa shape index (κ2) is 7.45. The zero-order valence-electron chi connectivity index (χ0n) is 12.7. The molecule has 0 aromatic heterocycles. The molecule has 0 saturated carbocycles. The van der Waals surface area contributed by atoms with Crippen molar-refractivity contribution >= 4 is 5.69 Å². The van der Waals surface area contributed by atoms with Crippen LogP contribution in [0.4, 0.5) is 5.69 Å². The quantitative estimate of drug-likeness (QED) is 0.705. The predicted octanol–water partition coefficient (Wildman–Crippen LogP) is 5.12. The van der Waals surface area contributed by atoms with E-state index < -0.39 is 0 Å². The highest BCUT2D eigenvalue weighted by atomic mass is 14.9. The lowest BCUT2D eigenvalue weighted by Crippen LogP contribution is -2.23. The summed E-state index contributed by atoms with van der Waals surface area (Å²) in [6.07, 6.45) is 3.59. The molecule has 0 unspecified atom stereocenters. The van der Waals surface area contributed by atoms with Gasteiger partial charge in [0.1, 0.15) is 0 Å². The zero-order chi connectivity index (χ0) is 13.5. The molecule has 1 aromatic carbocycles. The summed E-state index contributed by atoms with van der Waals surface area (Å²) in [5, 5.41) is 3.72. The fourth-order valence-electron chi connectivity index (χ4n) is 2.47. The van der Waals surface area contributed by atoms with Crippen LogP contribution in [0.15, 0.2) is 24.3 Å². The van der Waals surface area contributed by atoms with Crippen molar-refractivity contribution in [1.82, 2.24) is 0 Å². The van der Waals surface area contributed by atoms with Crippen LogP contribution in [-0.4, -0.2) is 6.04 Å². The van der Waals surface area contributed by atoms with Gasteiger partial charge in [-0.1, -0.05) is 46.8 Å². The van der Waals surface area contributed by atoms with Crippen LogP contribution in [0, 0.1) is 11.8 Å². The van der Waals surface area contributed by atoms with Gasteiger partial charge in [0.25, 0.3) is 0 Å². The van der Waals surface area contributed by atoms with Crippen molar-refractivity contribution in [3.8, 4) is 0 Å². The average molecular weight is 247 g/mol.